The van der Waals surface area contributed by atoms with Crippen LogP contribution in [0.2, 0.25) is 0 Å². The molecule has 0 saturated carbocycles. The molecule has 1 aromatic carbocycles. The Morgan fingerprint density at radius 2 is 2.10 bits per heavy atom. The molecule has 21 heavy (non-hydrogen) atoms. The van der Waals surface area contributed by atoms with Crippen molar-refractivity contribution in [2.45, 2.75) is 13.8 Å². The first-order chi connectivity index (χ1) is 10.1. The van der Waals surface area contributed by atoms with Crippen molar-refractivity contribution in [3.63, 3.8) is 0 Å². The number of anilines is 2. The van der Waals surface area contributed by atoms with Crippen molar-refractivity contribution in [3.8, 4) is 0 Å². The summed E-state index contributed by atoms with van der Waals surface area (Å²) in [5, 5.41) is 4.05. The number of hydrogen-bond acceptors (Lipinski definition) is 4. The molecular weight excluding hydrogens is 332 g/mol. The average molecular weight is 351 g/mol. The molecule has 0 spiro atoms. The van der Waals surface area contributed by atoms with Crippen molar-refractivity contribution in [1.29, 1.82) is 0 Å². The number of benzene rings is 1. The van der Waals surface area contributed by atoms with Gasteiger partial charge >= 0.3 is 0 Å². The number of nitrogen functional groups attached to an aromatic ring is 1. The van der Waals surface area contributed by atoms with E-state index in [1.807, 2.05) is 32.0 Å². The van der Waals surface area contributed by atoms with Crippen molar-refractivity contribution in [1.82, 2.24) is 9.88 Å². The smallest absolute Gasteiger partial charge is 0.241 e. The van der Waals surface area contributed by atoms with Gasteiger partial charge in [-0.25, -0.2) is 0 Å². The standard InChI is InChI=1S/C15H19BrN4O/c1-3-20(4-2)14(21)9-19-15-11-7-10(16)5-6-13(11)18-8-12(15)17/h5-8H,3-4,9,17H2,1-2H3,(H,18,19). The van der Waals surface area contributed by atoms with E-state index in [4.69, 9.17) is 5.73 Å². The van der Waals surface area contributed by atoms with E-state index in [9.17, 15) is 4.79 Å². The number of nitrogens with two attached hydrogens (primary N) is 1. The second-order valence-corrected chi connectivity index (χ2v) is 5.59. The molecule has 2 aromatic rings. The molecule has 0 saturated heterocycles. The van der Waals surface area contributed by atoms with E-state index in [0.29, 0.717) is 18.8 Å². The van der Waals surface area contributed by atoms with E-state index < -0.39 is 0 Å². The van der Waals surface area contributed by atoms with Gasteiger partial charge in [-0.3, -0.25) is 9.78 Å². The minimum absolute atomic E-state index is 0.0550. The highest BCUT2D eigenvalue weighted by molar-refractivity contribution is 9.10. The number of halogens is 1. The number of carbonyl (C=O) groups excluding carboxylic acids is 1. The number of nitrogens with one attached hydrogen (secondary N) is 1. The Morgan fingerprint density at radius 3 is 2.76 bits per heavy atom. The number of pyridine rings is 1. The molecule has 3 N–H and O–H groups in total. The monoisotopic (exact) mass is 350 g/mol. The van der Waals surface area contributed by atoms with Crippen molar-refractivity contribution in [2.24, 2.45) is 0 Å². The third-order valence-corrected chi connectivity index (χ3v) is 3.89. The molecule has 1 amide bonds. The fraction of sp³-hybridized carbons (Fsp3) is 0.333. The first-order valence-electron chi connectivity index (χ1n) is 6.92. The lowest BCUT2D eigenvalue weighted by atomic mass is 10.1. The molecule has 6 heteroatoms. The molecule has 1 aromatic heterocycles. The summed E-state index contributed by atoms with van der Waals surface area (Å²) in [4.78, 5) is 18.2. The Bertz CT molecular complexity index is 650. The van der Waals surface area contributed by atoms with Crippen molar-refractivity contribution in [3.05, 3.63) is 28.9 Å². The lowest BCUT2D eigenvalue weighted by molar-refractivity contribution is -0.128. The average Bonchev–Trinajstić information content (AvgIpc) is 2.47. The van der Waals surface area contributed by atoms with Crippen LogP contribution in [0.25, 0.3) is 10.9 Å². The number of hydrogen-bond donors (Lipinski definition) is 2. The Balaban J connectivity index is 2.27. The van der Waals surface area contributed by atoms with Crippen LogP contribution in [0.1, 0.15) is 13.8 Å². The van der Waals surface area contributed by atoms with Gasteiger partial charge in [0.25, 0.3) is 0 Å². The zero-order chi connectivity index (χ0) is 15.4. The van der Waals surface area contributed by atoms with Crippen LogP contribution < -0.4 is 11.1 Å². The predicted molar refractivity (Wildman–Crippen MR) is 90.3 cm³/mol. The lowest BCUT2D eigenvalue weighted by Gasteiger charge is -2.20. The lowest BCUT2D eigenvalue weighted by Crippen LogP contribution is -2.35. The predicted octanol–water partition coefficient (Wildman–Crippen LogP) is 2.86. The Kier molecular flexibility index (Phi) is 5.01. The first kappa shape index (κ1) is 15.6. The summed E-state index contributed by atoms with van der Waals surface area (Å²) in [7, 11) is 0. The highest BCUT2D eigenvalue weighted by Crippen LogP contribution is 2.29. The molecule has 2 rings (SSSR count). The third-order valence-electron chi connectivity index (χ3n) is 3.39. The summed E-state index contributed by atoms with van der Waals surface area (Å²) in [6.45, 7) is 5.56. The largest absolute Gasteiger partial charge is 0.396 e. The van der Waals surface area contributed by atoms with Crippen LogP contribution in [0.15, 0.2) is 28.9 Å². The van der Waals surface area contributed by atoms with Crippen LogP contribution in [0.5, 0.6) is 0 Å². The molecule has 0 aliphatic carbocycles. The zero-order valence-corrected chi connectivity index (χ0v) is 13.8. The van der Waals surface area contributed by atoms with Crippen LogP contribution in [-0.2, 0) is 4.79 Å². The molecule has 0 aliphatic rings. The minimum Gasteiger partial charge on any atom is -0.396 e. The minimum atomic E-state index is 0.0550. The SMILES string of the molecule is CCN(CC)C(=O)CNc1c(N)cnc2ccc(Br)cc12. The first-order valence-corrected chi connectivity index (χ1v) is 7.71. The van der Waals surface area contributed by atoms with Crippen molar-refractivity contribution >= 4 is 44.1 Å². The Hall–Kier alpha value is -1.82. The van der Waals surface area contributed by atoms with Crippen LogP contribution in [0.3, 0.4) is 0 Å². The molecular formula is C15H19BrN4O. The molecule has 0 radical (unpaired) electrons. The van der Waals surface area contributed by atoms with Crippen LogP contribution in [-0.4, -0.2) is 35.4 Å². The number of nitrogens with zero attached hydrogens (tertiary/aromatic N) is 2. The van der Waals surface area contributed by atoms with E-state index in [1.54, 1.807) is 11.1 Å². The summed E-state index contributed by atoms with van der Waals surface area (Å²) in [6.07, 6.45) is 1.61. The van der Waals surface area contributed by atoms with Crippen molar-refractivity contribution < 1.29 is 4.79 Å². The Morgan fingerprint density at radius 1 is 1.38 bits per heavy atom. The number of rotatable bonds is 5. The Labute approximate surface area is 132 Å². The number of aromatic nitrogens is 1. The second kappa shape index (κ2) is 6.76. The summed E-state index contributed by atoms with van der Waals surface area (Å²) in [5.74, 6) is 0.0550. The molecule has 0 unspecified atom stereocenters. The zero-order valence-electron chi connectivity index (χ0n) is 12.2. The maximum Gasteiger partial charge on any atom is 0.241 e. The van der Waals surface area contributed by atoms with E-state index in [-0.39, 0.29) is 12.5 Å². The molecule has 112 valence electrons. The molecule has 5 nitrogen and oxygen atoms in total. The van der Waals surface area contributed by atoms with Gasteiger partial charge in [-0.15, -0.1) is 0 Å². The quantitative estimate of drug-likeness (QED) is 0.869. The van der Waals surface area contributed by atoms with Crippen LogP contribution in [0.4, 0.5) is 11.4 Å². The second-order valence-electron chi connectivity index (χ2n) is 4.67. The molecule has 0 fully saturated rings. The highest BCUT2D eigenvalue weighted by atomic mass is 79.9. The van der Waals surface area contributed by atoms with E-state index in [2.05, 4.69) is 26.2 Å². The summed E-state index contributed by atoms with van der Waals surface area (Å²) in [5.41, 5.74) is 8.12. The van der Waals surface area contributed by atoms with Crippen LogP contribution in [0, 0.1) is 0 Å². The maximum absolute atomic E-state index is 12.1. The van der Waals surface area contributed by atoms with Crippen LogP contribution >= 0.6 is 15.9 Å². The molecule has 0 bridgehead atoms. The van der Waals surface area contributed by atoms with Gasteiger partial charge in [0, 0.05) is 22.9 Å². The molecule has 1 heterocycles. The van der Waals surface area contributed by atoms with E-state index in [0.717, 1.165) is 21.1 Å². The third kappa shape index (κ3) is 3.44. The van der Waals surface area contributed by atoms with Gasteiger partial charge in [0.2, 0.25) is 5.91 Å². The van der Waals surface area contributed by atoms with Gasteiger partial charge < -0.3 is 16.0 Å². The molecule has 0 aliphatic heterocycles. The fourth-order valence-corrected chi connectivity index (χ4v) is 2.59. The maximum atomic E-state index is 12.1. The number of likely N-dealkylation sites (N-methyl/N-ethyl adjacent to an activating group) is 1. The van der Waals surface area contributed by atoms with Gasteiger partial charge in [0.15, 0.2) is 0 Å². The van der Waals surface area contributed by atoms with E-state index in [1.165, 1.54) is 0 Å². The summed E-state index contributed by atoms with van der Waals surface area (Å²) in [6, 6.07) is 5.79. The van der Waals surface area contributed by atoms with Crippen molar-refractivity contribution in [2.75, 3.05) is 30.7 Å². The summed E-state index contributed by atoms with van der Waals surface area (Å²) >= 11 is 3.45. The molecule has 0 atom stereocenters. The number of fused-ring (bicyclic) bond motifs is 1. The van der Waals surface area contributed by atoms with Gasteiger partial charge in [-0.1, -0.05) is 15.9 Å². The summed E-state index contributed by atoms with van der Waals surface area (Å²) < 4.78 is 0.945. The van der Waals surface area contributed by atoms with Gasteiger partial charge in [0.1, 0.15) is 0 Å². The van der Waals surface area contributed by atoms with Gasteiger partial charge in [0.05, 0.1) is 29.6 Å². The topological polar surface area (TPSA) is 71.2 Å². The number of carbonyl (C=O) groups is 1. The fourth-order valence-electron chi connectivity index (χ4n) is 2.23. The normalized spacial score (nSPS) is 10.6. The van der Waals surface area contributed by atoms with Gasteiger partial charge in [-0.2, -0.15) is 0 Å². The highest BCUT2D eigenvalue weighted by Gasteiger charge is 2.12. The number of amides is 1. The van der Waals surface area contributed by atoms with E-state index >= 15 is 0 Å². The van der Waals surface area contributed by atoms with Gasteiger partial charge in [-0.05, 0) is 32.0 Å².